The summed E-state index contributed by atoms with van der Waals surface area (Å²) < 4.78 is 35.4. The lowest BCUT2D eigenvalue weighted by molar-refractivity contribution is -0.174. The molecule has 3 nitrogen and oxygen atoms in total. The second kappa shape index (κ2) is 5.19. The van der Waals surface area contributed by atoms with E-state index < -0.39 is 24.7 Å². The molecule has 0 aliphatic carbocycles. The Bertz CT molecular complexity index is 192. The highest BCUT2D eigenvalue weighted by atomic mass is 19.4. The molecule has 0 aromatic heterocycles. The van der Waals surface area contributed by atoms with Gasteiger partial charge in [0.15, 0.2) is 0 Å². The van der Waals surface area contributed by atoms with Crippen molar-refractivity contribution in [3.8, 4) is 0 Å². The van der Waals surface area contributed by atoms with Crippen molar-refractivity contribution >= 4 is 5.91 Å². The van der Waals surface area contributed by atoms with Gasteiger partial charge in [0, 0.05) is 0 Å². The third-order valence-corrected chi connectivity index (χ3v) is 1.57. The van der Waals surface area contributed by atoms with Crippen molar-refractivity contribution in [2.45, 2.75) is 32.5 Å². The van der Waals surface area contributed by atoms with Crippen LogP contribution in [0.2, 0.25) is 0 Å². The standard InChI is InChI=1S/C8H14F3NO2/c1-5(2)3-6(4-13)12-7(14)8(9,10)11/h5-6,13H,3-4H2,1-2H3,(H,12,14). The van der Waals surface area contributed by atoms with Crippen molar-refractivity contribution in [1.82, 2.24) is 5.32 Å². The smallest absolute Gasteiger partial charge is 0.394 e. The van der Waals surface area contributed by atoms with Gasteiger partial charge in [-0.1, -0.05) is 13.8 Å². The van der Waals surface area contributed by atoms with Crippen molar-refractivity contribution < 1.29 is 23.1 Å². The van der Waals surface area contributed by atoms with Crippen LogP contribution in [0.4, 0.5) is 13.2 Å². The van der Waals surface area contributed by atoms with Gasteiger partial charge in [-0.15, -0.1) is 0 Å². The maximum absolute atomic E-state index is 11.8. The van der Waals surface area contributed by atoms with E-state index in [9.17, 15) is 18.0 Å². The van der Waals surface area contributed by atoms with Gasteiger partial charge >= 0.3 is 12.1 Å². The molecule has 0 rings (SSSR count). The molecular weight excluding hydrogens is 199 g/mol. The first-order valence-electron chi connectivity index (χ1n) is 4.26. The van der Waals surface area contributed by atoms with Gasteiger partial charge in [-0.2, -0.15) is 13.2 Å². The largest absolute Gasteiger partial charge is 0.471 e. The highest BCUT2D eigenvalue weighted by Crippen LogP contribution is 2.15. The van der Waals surface area contributed by atoms with E-state index in [-0.39, 0.29) is 5.92 Å². The predicted molar refractivity (Wildman–Crippen MR) is 44.5 cm³/mol. The van der Waals surface area contributed by atoms with E-state index in [1.165, 1.54) is 0 Å². The average molecular weight is 213 g/mol. The number of hydrogen-bond acceptors (Lipinski definition) is 2. The number of halogens is 3. The number of rotatable bonds is 4. The van der Waals surface area contributed by atoms with Crippen molar-refractivity contribution in [2.75, 3.05) is 6.61 Å². The fourth-order valence-corrected chi connectivity index (χ4v) is 1.02. The summed E-state index contributed by atoms with van der Waals surface area (Å²) in [6.07, 6.45) is -4.57. The second-order valence-electron chi connectivity index (χ2n) is 3.48. The van der Waals surface area contributed by atoms with Crippen molar-refractivity contribution in [3.63, 3.8) is 0 Å². The highest BCUT2D eigenvalue weighted by molar-refractivity contribution is 5.81. The number of aliphatic hydroxyl groups is 1. The van der Waals surface area contributed by atoms with E-state index >= 15 is 0 Å². The van der Waals surface area contributed by atoms with Gasteiger partial charge in [-0.05, 0) is 12.3 Å². The normalized spacial score (nSPS) is 14.2. The topological polar surface area (TPSA) is 49.3 Å². The Morgan fingerprint density at radius 2 is 1.93 bits per heavy atom. The molecule has 1 unspecified atom stereocenters. The zero-order chi connectivity index (χ0) is 11.4. The lowest BCUT2D eigenvalue weighted by Gasteiger charge is -2.18. The van der Waals surface area contributed by atoms with Gasteiger partial charge in [0.25, 0.3) is 0 Å². The van der Waals surface area contributed by atoms with E-state index in [2.05, 4.69) is 0 Å². The molecule has 6 heteroatoms. The molecule has 0 spiro atoms. The van der Waals surface area contributed by atoms with E-state index in [0.29, 0.717) is 6.42 Å². The van der Waals surface area contributed by atoms with Crippen LogP contribution in [0.15, 0.2) is 0 Å². The maximum Gasteiger partial charge on any atom is 0.471 e. The Morgan fingerprint density at radius 1 is 1.43 bits per heavy atom. The molecule has 0 saturated carbocycles. The summed E-state index contributed by atoms with van der Waals surface area (Å²) in [5.74, 6) is -1.89. The van der Waals surface area contributed by atoms with Gasteiger partial charge in [-0.25, -0.2) is 0 Å². The zero-order valence-electron chi connectivity index (χ0n) is 8.06. The SMILES string of the molecule is CC(C)CC(CO)NC(=O)C(F)(F)F. The molecule has 0 heterocycles. The van der Waals surface area contributed by atoms with Crippen molar-refractivity contribution in [3.05, 3.63) is 0 Å². The number of alkyl halides is 3. The number of amides is 1. The fraction of sp³-hybridized carbons (Fsp3) is 0.875. The summed E-state index contributed by atoms with van der Waals surface area (Å²) in [5, 5.41) is 10.4. The Balaban J connectivity index is 4.12. The van der Waals surface area contributed by atoms with Crippen molar-refractivity contribution in [1.29, 1.82) is 0 Å². The first-order chi connectivity index (χ1) is 6.27. The monoisotopic (exact) mass is 213 g/mol. The van der Waals surface area contributed by atoms with Gasteiger partial charge in [0.1, 0.15) is 0 Å². The van der Waals surface area contributed by atoms with Crippen LogP contribution in [-0.2, 0) is 4.79 Å². The van der Waals surface area contributed by atoms with E-state index in [4.69, 9.17) is 5.11 Å². The number of hydrogen-bond donors (Lipinski definition) is 2. The van der Waals surface area contributed by atoms with Gasteiger partial charge in [-0.3, -0.25) is 4.79 Å². The minimum atomic E-state index is -4.88. The van der Waals surface area contributed by atoms with Crippen LogP contribution in [0, 0.1) is 5.92 Å². The Labute approximate surface area is 80.3 Å². The molecule has 0 fully saturated rings. The second-order valence-corrected chi connectivity index (χ2v) is 3.48. The molecule has 0 aromatic carbocycles. The van der Waals surface area contributed by atoms with Gasteiger partial charge in [0.05, 0.1) is 12.6 Å². The van der Waals surface area contributed by atoms with Crippen LogP contribution in [0.25, 0.3) is 0 Å². The first kappa shape index (κ1) is 13.2. The molecule has 0 radical (unpaired) electrons. The fourth-order valence-electron chi connectivity index (χ4n) is 1.02. The average Bonchev–Trinajstić information content (AvgIpc) is 2.00. The summed E-state index contributed by atoms with van der Waals surface area (Å²) in [5.41, 5.74) is 0. The molecule has 2 N–H and O–H groups in total. The number of carbonyl (C=O) groups excluding carboxylic acids is 1. The third kappa shape index (κ3) is 5.06. The molecule has 0 aliphatic heterocycles. The van der Waals surface area contributed by atoms with E-state index in [1.54, 1.807) is 19.2 Å². The summed E-state index contributed by atoms with van der Waals surface area (Å²) in [6.45, 7) is 3.10. The number of carbonyl (C=O) groups is 1. The summed E-state index contributed by atoms with van der Waals surface area (Å²) in [6, 6.07) is -0.830. The summed E-state index contributed by atoms with van der Waals surface area (Å²) >= 11 is 0. The van der Waals surface area contributed by atoms with E-state index in [0.717, 1.165) is 0 Å². The molecule has 14 heavy (non-hydrogen) atoms. The lowest BCUT2D eigenvalue weighted by Crippen LogP contribution is -2.45. The van der Waals surface area contributed by atoms with Gasteiger partial charge in [0.2, 0.25) is 0 Å². The molecular formula is C8H14F3NO2. The van der Waals surface area contributed by atoms with Crippen LogP contribution in [0.1, 0.15) is 20.3 Å². The Hall–Kier alpha value is -0.780. The Morgan fingerprint density at radius 3 is 2.21 bits per heavy atom. The van der Waals surface area contributed by atoms with Crippen molar-refractivity contribution in [2.24, 2.45) is 5.92 Å². The van der Waals surface area contributed by atoms with Crippen LogP contribution in [-0.4, -0.2) is 29.8 Å². The highest BCUT2D eigenvalue weighted by Gasteiger charge is 2.39. The molecule has 1 atom stereocenters. The summed E-state index contributed by atoms with van der Waals surface area (Å²) in [7, 11) is 0. The van der Waals surface area contributed by atoms with Crippen LogP contribution in [0.3, 0.4) is 0 Å². The van der Waals surface area contributed by atoms with Crippen LogP contribution in [0.5, 0.6) is 0 Å². The number of aliphatic hydroxyl groups excluding tert-OH is 1. The minimum absolute atomic E-state index is 0.112. The maximum atomic E-state index is 11.8. The molecule has 0 aliphatic rings. The first-order valence-corrected chi connectivity index (χ1v) is 4.26. The summed E-state index contributed by atoms with van der Waals surface area (Å²) in [4.78, 5) is 10.5. The quantitative estimate of drug-likeness (QED) is 0.734. The molecule has 0 saturated heterocycles. The Kier molecular flexibility index (Phi) is 4.90. The van der Waals surface area contributed by atoms with Gasteiger partial charge < -0.3 is 10.4 Å². The predicted octanol–water partition coefficient (Wildman–Crippen LogP) is 1.07. The molecule has 0 aromatic rings. The molecule has 0 bridgehead atoms. The lowest BCUT2D eigenvalue weighted by atomic mass is 10.0. The zero-order valence-corrected chi connectivity index (χ0v) is 8.06. The number of nitrogens with one attached hydrogen (secondary N) is 1. The third-order valence-electron chi connectivity index (χ3n) is 1.57. The molecule has 84 valence electrons. The van der Waals surface area contributed by atoms with E-state index in [1.807, 2.05) is 0 Å². The minimum Gasteiger partial charge on any atom is -0.394 e. The van der Waals surface area contributed by atoms with Crippen LogP contribution >= 0.6 is 0 Å². The molecule has 1 amide bonds. The van der Waals surface area contributed by atoms with Crippen LogP contribution < -0.4 is 5.32 Å².